The molecule has 0 unspecified atom stereocenters. The van der Waals surface area contributed by atoms with Crippen molar-refractivity contribution in [2.75, 3.05) is 11.1 Å². The summed E-state index contributed by atoms with van der Waals surface area (Å²) in [5, 5.41) is 4.05. The number of aryl methyl sites for hydroxylation is 1. The van der Waals surface area contributed by atoms with Gasteiger partial charge in [0.2, 0.25) is 5.95 Å². The van der Waals surface area contributed by atoms with Gasteiger partial charge in [-0.25, -0.2) is 9.97 Å². The lowest BCUT2D eigenvalue weighted by atomic mass is 10.2. The molecule has 0 spiro atoms. The zero-order chi connectivity index (χ0) is 20.5. The number of hydrogen-bond donors (Lipinski definition) is 2. The van der Waals surface area contributed by atoms with E-state index >= 15 is 0 Å². The third-order valence-electron chi connectivity index (χ3n) is 4.62. The Morgan fingerprint density at radius 1 is 1.10 bits per heavy atom. The van der Waals surface area contributed by atoms with E-state index in [2.05, 4.69) is 15.3 Å². The number of halogens is 1. The lowest BCUT2D eigenvalue weighted by Gasteiger charge is -2.21. The molecule has 4 aromatic rings. The molecule has 0 amide bonds. The van der Waals surface area contributed by atoms with Crippen LogP contribution in [0.15, 0.2) is 59.5 Å². The minimum atomic E-state index is -0.348. The first-order chi connectivity index (χ1) is 14.0. The molecule has 1 atom stereocenters. The maximum atomic E-state index is 13.4. The fraction of sp³-hybridized carbons (Fsp3) is 0.143. The van der Waals surface area contributed by atoms with E-state index in [0.717, 1.165) is 5.56 Å². The van der Waals surface area contributed by atoms with E-state index < -0.39 is 0 Å². The minimum Gasteiger partial charge on any atom is -0.368 e. The van der Waals surface area contributed by atoms with E-state index in [9.17, 15) is 4.79 Å². The van der Waals surface area contributed by atoms with Crippen LogP contribution in [0.1, 0.15) is 24.4 Å². The van der Waals surface area contributed by atoms with Crippen LogP contribution >= 0.6 is 11.6 Å². The molecule has 2 aromatic heterocycles. The van der Waals surface area contributed by atoms with Gasteiger partial charge in [0.1, 0.15) is 11.6 Å². The number of rotatable bonds is 4. The van der Waals surface area contributed by atoms with Crippen molar-refractivity contribution in [2.24, 2.45) is 0 Å². The van der Waals surface area contributed by atoms with Gasteiger partial charge in [-0.2, -0.15) is 4.98 Å². The second-order valence-electron chi connectivity index (χ2n) is 6.71. The Kier molecular flexibility index (Phi) is 4.90. The van der Waals surface area contributed by atoms with E-state index in [-0.39, 0.29) is 17.5 Å². The molecule has 2 heterocycles. The third-order valence-corrected chi connectivity index (χ3v) is 4.93. The van der Waals surface area contributed by atoms with Crippen LogP contribution in [0.2, 0.25) is 5.02 Å². The zero-order valence-electron chi connectivity index (χ0n) is 15.9. The summed E-state index contributed by atoms with van der Waals surface area (Å²) >= 11 is 6.32. The Hall–Kier alpha value is -3.45. The highest BCUT2D eigenvalue weighted by Gasteiger charge is 2.20. The molecule has 7 nitrogen and oxygen atoms in total. The number of nitrogens with two attached hydrogens (primary N) is 1. The molecule has 0 aliphatic rings. The van der Waals surface area contributed by atoms with Crippen LogP contribution in [0.3, 0.4) is 0 Å². The Bertz CT molecular complexity index is 1260. The Morgan fingerprint density at radius 2 is 1.86 bits per heavy atom. The molecule has 0 radical (unpaired) electrons. The van der Waals surface area contributed by atoms with Crippen molar-refractivity contribution in [1.82, 2.24) is 19.5 Å². The van der Waals surface area contributed by atoms with Crippen LogP contribution in [0, 0.1) is 6.92 Å². The van der Waals surface area contributed by atoms with Crippen molar-refractivity contribution < 1.29 is 0 Å². The van der Waals surface area contributed by atoms with Crippen LogP contribution in [0.4, 0.5) is 11.8 Å². The Balaban J connectivity index is 1.93. The zero-order valence-corrected chi connectivity index (χ0v) is 16.7. The average molecular weight is 407 g/mol. The van der Waals surface area contributed by atoms with E-state index in [1.54, 1.807) is 29.0 Å². The number of nitrogens with one attached hydrogen (secondary N) is 1. The van der Waals surface area contributed by atoms with E-state index in [0.29, 0.717) is 33.3 Å². The lowest BCUT2D eigenvalue weighted by Crippen LogP contribution is -2.27. The van der Waals surface area contributed by atoms with Crippen LogP contribution in [-0.2, 0) is 0 Å². The highest BCUT2D eigenvalue weighted by atomic mass is 35.5. The second kappa shape index (κ2) is 7.52. The van der Waals surface area contributed by atoms with Gasteiger partial charge in [-0.1, -0.05) is 35.9 Å². The van der Waals surface area contributed by atoms with E-state index in [4.69, 9.17) is 22.3 Å². The number of hydrogen-bond acceptors (Lipinski definition) is 6. The molecule has 0 saturated heterocycles. The minimum absolute atomic E-state index is 0.170. The number of nitrogen functional groups attached to an aromatic ring is 1. The van der Waals surface area contributed by atoms with E-state index in [1.807, 2.05) is 44.2 Å². The number of para-hydroxylation sites is 1. The first kappa shape index (κ1) is 18.9. The molecule has 146 valence electrons. The molecular formula is C21H19ClN6O. The summed E-state index contributed by atoms with van der Waals surface area (Å²) < 4.78 is 1.58. The topological polar surface area (TPSA) is 98.7 Å². The molecule has 0 fully saturated rings. The third kappa shape index (κ3) is 3.52. The standard InChI is InChI=1S/C21H19ClN6O/c1-12-11-24-21(23)27-18(12)25-13(2)19-26-16-10-6-9-15(22)17(16)20(29)28(19)14-7-4-3-5-8-14/h3-11,13H,1-2H3,(H3,23,24,25,27)/t13-/m0/s1. The van der Waals surface area contributed by atoms with Crippen molar-refractivity contribution in [3.8, 4) is 5.69 Å². The molecule has 0 saturated carbocycles. The molecule has 0 bridgehead atoms. The van der Waals surface area contributed by atoms with Crippen molar-refractivity contribution in [2.45, 2.75) is 19.9 Å². The molecule has 29 heavy (non-hydrogen) atoms. The SMILES string of the molecule is Cc1cnc(N)nc1N[C@@H](C)c1nc2cccc(Cl)c2c(=O)n1-c1ccccc1. The smallest absolute Gasteiger partial charge is 0.267 e. The molecule has 2 aromatic carbocycles. The van der Waals surface area contributed by atoms with Gasteiger partial charge < -0.3 is 11.1 Å². The first-order valence-electron chi connectivity index (χ1n) is 9.08. The highest BCUT2D eigenvalue weighted by molar-refractivity contribution is 6.35. The van der Waals surface area contributed by atoms with Crippen molar-refractivity contribution in [3.05, 3.63) is 81.5 Å². The van der Waals surface area contributed by atoms with Crippen molar-refractivity contribution >= 4 is 34.3 Å². The molecule has 8 heteroatoms. The maximum Gasteiger partial charge on any atom is 0.267 e. The maximum absolute atomic E-state index is 13.4. The summed E-state index contributed by atoms with van der Waals surface area (Å²) in [6, 6.07) is 14.3. The van der Waals surface area contributed by atoms with Crippen molar-refractivity contribution in [3.63, 3.8) is 0 Å². The fourth-order valence-corrected chi connectivity index (χ4v) is 3.45. The first-order valence-corrected chi connectivity index (χ1v) is 9.45. The van der Waals surface area contributed by atoms with Gasteiger partial charge in [-0.3, -0.25) is 9.36 Å². The molecule has 0 aliphatic carbocycles. The average Bonchev–Trinajstić information content (AvgIpc) is 2.71. The van der Waals surface area contributed by atoms with Gasteiger partial charge >= 0.3 is 0 Å². The van der Waals surface area contributed by atoms with E-state index in [1.165, 1.54) is 0 Å². The molecule has 4 rings (SSSR count). The predicted octanol–water partition coefficient (Wildman–Crippen LogP) is 3.89. The molecule has 0 aliphatic heterocycles. The molecule has 3 N–H and O–H groups in total. The number of anilines is 2. The monoisotopic (exact) mass is 406 g/mol. The van der Waals surface area contributed by atoms with Gasteiger partial charge in [0.05, 0.1) is 27.7 Å². The van der Waals surface area contributed by atoms with Crippen LogP contribution < -0.4 is 16.6 Å². The summed E-state index contributed by atoms with van der Waals surface area (Å²) in [7, 11) is 0. The van der Waals surface area contributed by atoms with Crippen LogP contribution in [-0.4, -0.2) is 19.5 Å². The highest BCUT2D eigenvalue weighted by Crippen LogP contribution is 2.25. The van der Waals surface area contributed by atoms with Gasteiger partial charge in [0.15, 0.2) is 0 Å². The lowest BCUT2D eigenvalue weighted by molar-refractivity contribution is 0.730. The normalized spacial score (nSPS) is 12.1. The number of fused-ring (bicyclic) bond motifs is 1. The predicted molar refractivity (Wildman–Crippen MR) is 116 cm³/mol. The number of aromatic nitrogens is 4. The number of nitrogens with zero attached hydrogens (tertiary/aromatic N) is 4. The second-order valence-corrected chi connectivity index (χ2v) is 7.11. The fourth-order valence-electron chi connectivity index (χ4n) is 3.20. The van der Waals surface area contributed by atoms with Crippen LogP contribution in [0.5, 0.6) is 0 Å². The summed E-state index contributed by atoms with van der Waals surface area (Å²) in [4.78, 5) is 26.4. The Morgan fingerprint density at radius 3 is 2.62 bits per heavy atom. The van der Waals surface area contributed by atoms with Crippen molar-refractivity contribution in [1.29, 1.82) is 0 Å². The van der Waals surface area contributed by atoms with Gasteiger partial charge in [-0.15, -0.1) is 0 Å². The van der Waals surface area contributed by atoms with Crippen LogP contribution in [0.25, 0.3) is 16.6 Å². The summed E-state index contributed by atoms with van der Waals surface area (Å²) in [6.07, 6.45) is 1.65. The Labute approximate surface area is 172 Å². The summed E-state index contributed by atoms with van der Waals surface area (Å²) in [6.45, 7) is 3.79. The summed E-state index contributed by atoms with van der Waals surface area (Å²) in [5.41, 5.74) is 7.58. The summed E-state index contributed by atoms with van der Waals surface area (Å²) in [5.74, 6) is 1.29. The number of benzene rings is 2. The molecular weight excluding hydrogens is 388 g/mol. The van der Waals surface area contributed by atoms with Gasteiger partial charge in [0, 0.05) is 11.8 Å². The van der Waals surface area contributed by atoms with Gasteiger partial charge in [-0.05, 0) is 38.1 Å². The van der Waals surface area contributed by atoms with Gasteiger partial charge in [0.25, 0.3) is 5.56 Å². The largest absolute Gasteiger partial charge is 0.368 e. The quantitative estimate of drug-likeness (QED) is 0.533.